The molecule has 0 spiro atoms. The number of anilines is 2. The smallest absolute Gasteiger partial charge is 0.315 e. The van der Waals surface area contributed by atoms with Crippen molar-refractivity contribution in [2.75, 3.05) is 23.8 Å². The van der Waals surface area contributed by atoms with Gasteiger partial charge in [-0.05, 0) is 26.0 Å². The fourth-order valence-corrected chi connectivity index (χ4v) is 2.78. The maximum atomic E-state index is 11.4. The normalized spacial score (nSPS) is 10.4. The number of benzene rings is 1. The van der Waals surface area contributed by atoms with Crippen LogP contribution >= 0.6 is 11.3 Å². The fraction of sp³-hybridized carbons (Fsp3) is 0.357. The molecular formula is C14H18N4O2S. The molecule has 2 aromatic rings. The quantitative estimate of drug-likeness (QED) is 0.654. The molecule has 1 aromatic carbocycles. The fourth-order valence-electron chi connectivity index (χ4n) is 2.17. The van der Waals surface area contributed by atoms with E-state index in [0.29, 0.717) is 24.5 Å². The van der Waals surface area contributed by atoms with Crippen molar-refractivity contribution in [1.29, 1.82) is 0 Å². The summed E-state index contributed by atoms with van der Waals surface area (Å²) < 4.78 is 0. The van der Waals surface area contributed by atoms with Gasteiger partial charge in [-0.1, -0.05) is 6.07 Å². The Bertz CT molecular complexity index is 642. The molecule has 7 heteroatoms. The molecule has 1 N–H and O–H groups in total. The lowest BCUT2D eigenvalue weighted by molar-refractivity contribution is -0.383. The Morgan fingerprint density at radius 2 is 2.24 bits per heavy atom. The van der Waals surface area contributed by atoms with Gasteiger partial charge >= 0.3 is 5.69 Å². The van der Waals surface area contributed by atoms with Gasteiger partial charge in [0.1, 0.15) is 11.4 Å². The van der Waals surface area contributed by atoms with Crippen molar-refractivity contribution in [3.8, 4) is 0 Å². The van der Waals surface area contributed by atoms with E-state index in [-0.39, 0.29) is 10.6 Å². The number of hydrogen-bond acceptors (Lipinski definition) is 6. The van der Waals surface area contributed by atoms with E-state index in [1.54, 1.807) is 23.5 Å². The second-order valence-electron chi connectivity index (χ2n) is 4.67. The van der Waals surface area contributed by atoms with Crippen LogP contribution in [-0.4, -0.2) is 23.5 Å². The molecule has 0 unspecified atom stereocenters. The highest BCUT2D eigenvalue weighted by molar-refractivity contribution is 7.09. The summed E-state index contributed by atoms with van der Waals surface area (Å²) in [5.74, 6) is 0. The lowest BCUT2D eigenvalue weighted by Crippen LogP contribution is -2.18. The molecule has 2 rings (SSSR count). The Hall–Kier alpha value is -2.15. The van der Waals surface area contributed by atoms with E-state index in [1.807, 2.05) is 37.2 Å². The van der Waals surface area contributed by atoms with E-state index in [0.717, 1.165) is 10.7 Å². The summed E-state index contributed by atoms with van der Waals surface area (Å²) in [6.45, 7) is 5.04. The Balaban J connectivity index is 2.33. The molecule has 6 nitrogen and oxygen atoms in total. The average Bonchev–Trinajstić information content (AvgIpc) is 2.84. The number of aromatic nitrogens is 1. The Morgan fingerprint density at radius 1 is 1.48 bits per heavy atom. The molecule has 1 heterocycles. The predicted octanol–water partition coefficient (Wildman–Crippen LogP) is 3.43. The summed E-state index contributed by atoms with van der Waals surface area (Å²) in [4.78, 5) is 17.3. The number of rotatable bonds is 6. The molecule has 0 saturated heterocycles. The summed E-state index contributed by atoms with van der Waals surface area (Å²) in [5.41, 5.74) is 2.15. The van der Waals surface area contributed by atoms with Crippen molar-refractivity contribution in [3.63, 3.8) is 0 Å². The number of para-hydroxylation sites is 1. The van der Waals surface area contributed by atoms with Gasteiger partial charge in [0.25, 0.3) is 0 Å². The van der Waals surface area contributed by atoms with Crippen molar-refractivity contribution in [3.05, 3.63) is 44.4 Å². The third-order valence-corrected chi connectivity index (χ3v) is 3.86. The van der Waals surface area contributed by atoms with Crippen molar-refractivity contribution in [2.45, 2.75) is 20.4 Å². The largest absolute Gasteiger partial charge is 0.380 e. The minimum atomic E-state index is -0.337. The predicted molar refractivity (Wildman–Crippen MR) is 86.2 cm³/mol. The molecule has 0 aliphatic carbocycles. The molecule has 0 radical (unpaired) electrons. The van der Waals surface area contributed by atoms with Gasteiger partial charge in [0.15, 0.2) is 0 Å². The maximum absolute atomic E-state index is 11.4. The van der Waals surface area contributed by atoms with Gasteiger partial charge in [-0.25, -0.2) is 4.98 Å². The topological polar surface area (TPSA) is 71.3 Å². The summed E-state index contributed by atoms with van der Waals surface area (Å²) in [6, 6.07) is 5.31. The number of hydrogen-bond donors (Lipinski definition) is 1. The zero-order chi connectivity index (χ0) is 15.4. The highest BCUT2D eigenvalue weighted by atomic mass is 32.1. The molecule has 1 aromatic heterocycles. The molecule has 0 bridgehead atoms. The monoisotopic (exact) mass is 306 g/mol. The van der Waals surface area contributed by atoms with Crippen molar-refractivity contribution >= 4 is 28.4 Å². The summed E-state index contributed by atoms with van der Waals surface area (Å²) in [5, 5.41) is 17.4. The van der Waals surface area contributed by atoms with E-state index in [2.05, 4.69) is 10.3 Å². The molecule has 112 valence electrons. The van der Waals surface area contributed by atoms with Gasteiger partial charge in [-0.3, -0.25) is 10.1 Å². The molecule has 21 heavy (non-hydrogen) atoms. The highest BCUT2D eigenvalue weighted by Crippen LogP contribution is 2.35. The average molecular weight is 306 g/mol. The Morgan fingerprint density at radius 3 is 2.81 bits per heavy atom. The first-order chi connectivity index (χ1) is 10.0. The number of aryl methyl sites for hydroxylation is 1. The minimum absolute atomic E-state index is 0.105. The summed E-state index contributed by atoms with van der Waals surface area (Å²) >= 11 is 1.58. The summed E-state index contributed by atoms with van der Waals surface area (Å²) in [7, 11) is 1.84. The van der Waals surface area contributed by atoms with E-state index >= 15 is 0 Å². The molecule has 0 aliphatic rings. The Kier molecular flexibility index (Phi) is 4.74. The number of nitrogens with one attached hydrogen (secondary N) is 1. The van der Waals surface area contributed by atoms with E-state index in [1.165, 1.54) is 0 Å². The lowest BCUT2D eigenvalue weighted by Gasteiger charge is -2.19. The first kappa shape index (κ1) is 15.2. The minimum Gasteiger partial charge on any atom is -0.380 e. The number of nitro groups is 1. The summed E-state index contributed by atoms with van der Waals surface area (Å²) in [6.07, 6.45) is 0. The highest BCUT2D eigenvalue weighted by Gasteiger charge is 2.22. The molecule has 0 fully saturated rings. The van der Waals surface area contributed by atoms with Crippen LogP contribution in [0.2, 0.25) is 0 Å². The van der Waals surface area contributed by atoms with Crippen molar-refractivity contribution in [1.82, 2.24) is 4.98 Å². The number of nitrogens with zero attached hydrogens (tertiary/aromatic N) is 3. The molecular weight excluding hydrogens is 288 g/mol. The lowest BCUT2D eigenvalue weighted by atomic mass is 10.2. The van der Waals surface area contributed by atoms with Crippen LogP contribution in [0.4, 0.5) is 17.1 Å². The zero-order valence-electron chi connectivity index (χ0n) is 12.3. The number of thiazole rings is 1. The van der Waals surface area contributed by atoms with E-state index in [4.69, 9.17) is 0 Å². The third-order valence-electron chi connectivity index (χ3n) is 3.04. The number of nitro benzene ring substituents is 1. The Labute approximate surface area is 127 Å². The van der Waals surface area contributed by atoms with Gasteiger partial charge in [-0.2, -0.15) is 0 Å². The van der Waals surface area contributed by atoms with Gasteiger partial charge < -0.3 is 10.2 Å². The molecule has 0 saturated carbocycles. The van der Waals surface area contributed by atoms with Crippen molar-refractivity contribution < 1.29 is 4.92 Å². The van der Waals surface area contributed by atoms with Crippen LogP contribution in [0.3, 0.4) is 0 Å². The maximum Gasteiger partial charge on any atom is 0.315 e. The van der Waals surface area contributed by atoms with Gasteiger partial charge in [0.05, 0.1) is 22.2 Å². The van der Waals surface area contributed by atoms with E-state index < -0.39 is 0 Å². The third kappa shape index (κ3) is 3.49. The van der Waals surface area contributed by atoms with Crippen LogP contribution < -0.4 is 10.2 Å². The second kappa shape index (κ2) is 6.53. The molecule has 0 amide bonds. The van der Waals surface area contributed by atoms with Crippen LogP contribution in [0.15, 0.2) is 23.6 Å². The van der Waals surface area contributed by atoms with Crippen LogP contribution in [-0.2, 0) is 6.54 Å². The standard InChI is InChI=1S/C14H18N4O2S/c1-4-15-12-6-5-7-13(14(12)18(19)20)17(3)8-11-9-21-10(2)16-11/h5-7,9,15H,4,8H2,1-3H3. The van der Waals surface area contributed by atoms with Crippen molar-refractivity contribution in [2.24, 2.45) is 0 Å². The zero-order valence-corrected chi connectivity index (χ0v) is 13.1. The first-order valence-corrected chi connectivity index (χ1v) is 7.54. The second-order valence-corrected chi connectivity index (χ2v) is 5.74. The van der Waals surface area contributed by atoms with Gasteiger partial charge in [0.2, 0.25) is 0 Å². The van der Waals surface area contributed by atoms with Gasteiger partial charge in [-0.15, -0.1) is 11.3 Å². The first-order valence-electron chi connectivity index (χ1n) is 6.66. The van der Waals surface area contributed by atoms with Gasteiger partial charge in [0, 0.05) is 19.0 Å². The van der Waals surface area contributed by atoms with Crippen LogP contribution in [0, 0.1) is 17.0 Å². The van der Waals surface area contributed by atoms with Crippen LogP contribution in [0.25, 0.3) is 0 Å². The van der Waals surface area contributed by atoms with Crippen LogP contribution in [0.1, 0.15) is 17.6 Å². The molecule has 0 atom stereocenters. The van der Waals surface area contributed by atoms with E-state index in [9.17, 15) is 10.1 Å². The van der Waals surface area contributed by atoms with Crippen LogP contribution in [0.5, 0.6) is 0 Å². The molecule has 0 aliphatic heterocycles. The SMILES string of the molecule is CCNc1cccc(N(C)Cc2csc(C)n2)c1[N+](=O)[O-].